The SMILES string of the molecule is COc1ccc(NCC2CCSC2)cc1OC(F)F. The number of nitrogens with one attached hydrogen (secondary N) is 1. The van der Waals surface area contributed by atoms with Crippen LogP contribution in [0.5, 0.6) is 11.5 Å². The van der Waals surface area contributed by atoms with Gasteiger partial charge in [-0.05, 0) is 36.0 Å². The molecule has 1 aliphatic heterocycles. The molecule has 3 nitrogen and oxygen atoms in total. The highest BCUT2D eigenvalue weighted by Crippen LogP contribution is 2.32. The number of benzene rings is 1. The van der Waals surface area contributed by atoms with Gasteiger partial charge in [0.05, 0.1) is 7.11 Å². The normalized spacial score (nSPS) is 18.6. The van der Waals surface area contributed by atoms with Crippen LogP contribution in [-0.2, 0) is 0 Å². The third-order valence-corrected chi connectivity index (χ3v) is 4.23. The number of rotatable bonds is 6. The standard InChI is InChI=1S/C13H17F2NO2S/c1-17-11-3-2-10(6-12(11)18-13(14)15)16-7-9-4-5-19-8-9/h2-3,6,9,13,16H,4-5,7-8H2,1H3. The second kappa shape index (κ2) is 6.84. The molecule has 1 aromatic carbocycles. The van der Waals surface area contributed by atoms with E-state index in [1.54, 1.807) is 18.2 Å². The molecule has 1 atom stereocenters. The Morgan fingerprint density at radius 3 is 2.89 bits per heavy atom. The van der Waals surface area contributed by atoms with Crippen molar-refractivity contribution in [2.45, 2.75) is 13.0 Å². The number of halogens is 2. The number of methoxy groups -OCH3 is 1. The molecule has 1 fully saturated rings. The van der Waals surface area contributed by atoms with Crippen LogP contribution in [0.2, 0.25) is 0 Å². The van der Waals surface area contributed by atoms with Crippen molar-refractivity contribution in [2.24, 2.45) is 5.92 Å². The first-order chi connectivity index (χ1) is 9.19. The number of alkyl halides is 2. The Kier molecular flexibility index (Phi) is 5.13. The van der Waals surface area contributed by atoms with Crippen LogP contribution in [-0.4, -0.2) is 31.8 Å². The fourth-order valence-electron chi connectivity index (χ4n) is 1.98. The monoisotopic (exact) mass is 289 g/mol. The Morgan fingerprint density at radius 2 is 2.26 bits per heavy atom. The number of ether oxygens (including phenoxy) is 2. The van der Waals surface area contributed by atoms with Gasteiger partial charge >= 0.3 is 6.61 Å². The lowest BCUT2D eigenvalue weighted by molar-refractivity contribution is -0.0511. The van der Waals surface area contributed by atoms with Crippen molar-refractivity contribution in [3.05, 3.63) is 18.2 Å². The van der Waals surface area contributed by atoms with Gasteiger partial charge in [0.2, 0.25) is 0 Å². The first-order valence-electron chi connectivity index (χ1n) is 6.13. The summed E-state index contributed by atoms with van der Waals surface area (Å²) in [5, 5.41) is 3.26. The molecule has 1 aliphatic rings. The quantitative estimate of drug-likeness (QED) is 0.868. The maximum atomic E-state index is 12.3. The summed E-state index contributed by atoms with van der Waals surface area (Å²) in [4.78, 5) is 0. The Labute approximate surface area is 115 Å². The lowest BCUT2D eigenvalue weighted by Gasteiger charge is -2.14. The molecule has 0 radical (unpaired) electrons. The minimum Gasteiger partial charge on any atom is -0.493 e. The van der Waals surface area contributed by atoms with Gasteiger partial charge in [0.25, 0.3) is 0 Å². The van der Waals surface area contributed by atoms with Crippen LogP contribution >= 0.6 is 11.8 Å². The molecular weight excluding hydrogens is 272 g/mol. The Balaban J connectivity index is 1.99. The molecule has 1 unspecified atom stereocenters. The van der Waals surface area contributed by atoms with Crippen molar-refractivity contribution in [1.82, 2.24) is 0 Å². The molecule has 1 heterocycles. The molecule has 106 valence electrons. The molecule has 2 rings (SSSR count). The van der Waals surface area contributed by atoms with Crippen molar-refractivity contribution in [3.8, 4) is 11.5 Å². The van der Waals surface area contributed by atoms with Gasteiger partial charge in [0, 0.05) is 18.3 Å². The third-order valence-electron chi connectivity index (χ3n) is 3.00. The summed E-state index contributed by atoms with van der Waals surface area (Å²) in [6.07, 6.45) is 1.20. The van der Waals surface area contributed by atoms with E-state index in [9.17, 15) is 8.78 Å². The highest BCUT2D eigenvalue weighted by Gasteiger charge is 2.16. The predicted molar refractivity (Wildman–Crippen MR) is 73.5 cm³/mol. The predicted octanol–water partition coefficient (Wildman–Crippen LogP) is 3.46. The van der Waals surface area contributed by atoms with E-state index in [0.29, 0.717) is 11.7 Å². The molecule has 6 heteroatoms. The molecule has 0 bridgehead atoms. The van der Waals surface area contributed by atoms with Crippen molar-refractivity contribution in [2.75, 3.05) is 30.5 Å². The summed E-state index contributed by atoms with van der Waals surface area (Å²) in [6.45, 7) is -2.00. The minimum absolute atomic E-state index is 0.0586. The molecule has 1 saturated heterocycles. The van der Waals surface area contributed by atoms with Crippen LogP contribution in [0.4, 0.5) is 14.5 Å². The van der Waals surface area contributed by atoms with E-state index < -0.39 is 6.61 Å². The number of hydrogen-bond donors (Lipinski definition) is 1. The van der Waals surface area contributed by atoms with Crippen LogP contribution in [0.15, 0.2) is 18.2 Å². The third kappa shape index (κ3) is 4.16. The number of hydrogen-bond acceptors (Lipinski definition) is 4. The molecule has 1 N–H and O–H groups in total. The van der Waals surface area contributed by atoms with Crippen LogP contribution in [0.3, 0.4) is 0 Å². The number of thioether (sulfide) groups is 1. The first-order valence-corrected chi connectivity index (χ1v) is 7.29. The zero-order valence-electron chi connectivity index (χ0n) is 10.7. The molecule has 0 aromatic heterocycles. The maximum absolute atomic E-state index is 12.3. The summed E-state index contributed by atoms with van der Waals surface area (Å²) in [5.74, 6) is 3.37. The number of anilines is 1. The summed E-state index contributed by atoms with van der Waals surface area (Å²) in [6, 6.07) is 4.98. The summed E-state index contributed by atoms with van der Waals surface area (Å²) in [7, 11) is 1.43. The van der Waals surface area contributed by atoms with Gasteiger partial charge in [-0.2, -0.15) is 20.5 Å². The summed E-state index contributed by atoms with van der Waals surface area (Å²) < 4.78 is 34.0. The van der Waals surface area contributed by atoms with Gasteiger partial charge in [-0.3, -0.25) is 0 Å². The lowest BCUT2D eigenvalue weighted by atomic mass is 10.1. The zero-order valence-corrected chi connectivity index (χ0v) is 11.5. The van der Waals surface area contributed by atoms with Crippen LogP contribution in [0.25, 0.3) is 0 Å². The summed E-state index contributed by atoms with van der Waals surface area (Å²) >= 11 is 1.95. The van der Waals surface area contributed by atoms with E-state index in [-0.39, 0.29) is 5.75 Å². The Hall–Kier alpha value is -1.17. The smallest absolute Gasteiger partial charge is 0.387 e. The lowest BCUT2D eigenvalue weighted by Crippen LogP contribution is -2.13. The van der Waals surface area contributed by atoms with Crippen molar-refractivity contribution in [3.63, 3.8) is 0 Å². The molecule has 19 heavy (non-hydrogen) atoms. The maximum Gasteiger partial charge on any atom is 0.387 e. The van der Waals surface area contributed by atoms with Crippen LogP contribution < -0.4 is 14.8 Å². The van der Waals surface area contributed by atoms with E-state index in [1.807, 2.05) is 11.8 Å². The largest absolute Gasteiger partial charge is 0.493 e. The first kappa shape index (κ1) is 14.2. The van der Waals surface area contributed by atoms with Crippen molar-refractivity contribution in [1.29, 1.82) is 0 Å². The van der Waals surface area contributed by atoms with Crippen molar-refractivity contribution >= 4 is 17.4 Å². The molecule has 0 amide bonds. The fraction of sp³-hybridized carbons (Fsp3) is 0.538. The topological polar surface area (TPSA) is 30.5 Å². The van der Waals surface area contributed by atoms with E-state index in [2.05, 4.69) is 10.1 Å². The average Bonchev–Trinajstić information content (AvgIpc) is 2.89. The summed E-state index contributed by atoms with van der Waals surface area (Å²) in [5.41, 5.74) is 0.772. The highest BCUT2D eigenvalue weighted by atomic mass is 32.2. The Morgan fingerprint density at radius 1 is 1.42 bits per heavy atom. The zero-order chi connectivity index (χ0) is 13.7. The second-order valence-electron chi connectivity index (χ2n) is 4.35. The molecule has 0 spiro atoms. The van der Waals surface area contributed by atoms with Crippen LogP contribution in [0.1, 0.15) is 6.42 Å². The van der Waals surface area contributed by atoms with Crippen LogP contribution in [0, 0.1) is 5.92 Å². The van der Waals surface area contributed by atoms with Gasteiger partial charge in [0.1, 0.15) is 0 Å². The van der Waals surface area contributed by atoms with Gasteiger partial charge in [-0.15, -0.1) is 0 Å². The second-order valence-corrected chi connectivity index (χ2v) is 5.50. The molecule has 1 aromatic rings. The van der Waals surface area contributed by atoms with E-state index in [1.165, 1.54) is 19.3 Å². The van der Waals surface area contributed by atoms with Gasteiger partial charge in [0.15, 0.2) is 11.5 Å². The van der Waals surface area contributed by atoms with Gasteiger partial charge < -0.3 is 14.8 Å². The molecular formula is C13H17F2NO2S. The molecule has 0 saturated carbocycles. The van der Waals surface area contributed by atoms with E-state index >= 15 is 0 Å². The molecule has 0 aliphatic carbocycles. The van der Waals surface area contributed by atoms with Crippen molar-refractivity contribution < 1.29 is 18.3 Å². The average molecular weight is 289 g/mol. The van der Waals surface area contributed by atoms with E-state index in [0.717, 1.165) is 18.0 Å². The van der Waals surface area contributed by atoms with E-state index in [4.69, 9.17) is 4.74 Å². The van der Waals surface area contributed by atoms with Gasteiger partial charge in [-0.25, -0.2) is 0 Å². The minimum atomic E-state index is -2.85. The van der Waals surface area contributed by atoms with Gasteiger partial charge in [-0.1, -0.05) is 0 Å². The fourth-order valence-corrected chi connectivity index (χ4v) is 3.27. The Bertz CT molecular complexity index is 412. The highest BCUT2D eigenvalue weighted by molar-refractivity contribution is 7.99.